The summed E-state index contributed by atoms with van der Waals surface area (Å²) in [4.78, 5) is 14.2. The van der Waals surface area contributed by atoms with Crippen LogP contribution in [0.15, 0.2) is 18.2 Å². The van der Waals surface area contributed by atoms with Crippen molar-refractivity contribution in [1.82, 2.24) is 4.90 Å². The summed E-state index contributed by atoms with van der Waals surface area (Å²) in [6, 6.07) is 5.01. The van der Waals surface area contributed by atoms with E-state index in [1.807, 2.05) is 18.7 Å². The van der Waals surface area contributed by atoms with Crippen molar-refractivity contribution in [2.75, 3.05) is 6.54 Å². The van der Waals surface area contributed by atoms with Crippen LogP contribution in [0.25, 0.3) is 0 Å². The highest BCUT2D eigenvalue weighted by molar-refractivity contribution is 5.94. The molecule has 0 spiro atoms. The Morgan fingerprint density at radius 3 is 2.72 bits per heavy atom. The fraction of sp³-hybridized carbons (Fsp3) is 0.533. The standard InChI is InChI=1S/C15H20FNO/c1-10-5-7-13(14(16)8-10)15(18)17-9-11(2)4-6-12(17)3/h5,7-8,11-12H,4,6,9H2,1-3H3. The SMILES string of the molecule is Cc1ccc(C(=O)N2CC(C)CCC2C)c(F)c1. The molecule has 1 aliphatic rings. The maximum Gasteiger partial charge on any atom is 0.257 e. The summed E-state index contributed by atoms with van der Waals surface area (Å²) < 4.78 is 13.8. The number of aryl methyl sites for hydroxylation is 1. The Balaban J connectivity index is 2.24. The Morgan fingerprint density at radius 2 is 2.06 bits per heavy atom. The van der Waals surface area contributed by atoms with Crippen LogP contribution >= 0.6 is 0 Å². The van der Waals surface area contributed by atoms with Gasteiger partial charge in [0.1, 0.15) is 5.82 Å². The maximum atomic E-state index is 13.8. The highest BCUT2D eigenvalue weighted by Gasteiger charge is 2.28. The fourth-order valence-corrected chi connectivity index (χ4v) is 2.52. The molecule has 1 saturated heterocycles. The number of rotatable bonds is 1. The second-order valence-electron chi connectivity index (χ2n) is 5.47. The van der Waals surface area contributed by atoms with Crippen molar-refractivity contribution in [1.29, 1.82) is 0 Å². The van der Waals surface area contributed by atoms with E-state index in [1.165, 1.54) is 6.07 Å². The Morgan fingerprint density at radius 1 is 1.33 bits per heavy atom. The van der Waals surface area contributed by atoms with Crippen LogP contribution in [-0.4, -0.2) is 23.4 Å². The van der Waals surface area contributed by atoms with Crippen LogP contribution < -0.4 is 0 Å². The summed E-state index contributed by atoms with van der Waals surface area (Å²) in [6.45, 7) is 6.73. The molecule has 1 amide bonds. The zero-order valence-electron chi connectivity index (χ0n) is 11.2. The van der Waals surface area contributed by atoms with E-state index in [9.17, 15) is 9.18 Å². The Hall–Kier alpha value is -1.38. The third-order valence-electron chi connectivity index (χ3n) is 3.73. The molecule has 1 heterocycles. The van der Waals surface area contributed by atoms with E-state index >= 15 is 0 Å². The maximum absolute atomic E-state index is 13.8. The average molecular weight is 249 g/mol. The molecule has 98 valence electrons. The minimum atomic E-state index is -0.412. The van der Waals surface area contributed by atoms with Gasteiger partial charge >= 0.3 is 0 Å². The van der Waals surface area contributed by atoms with Crippen LogP contribution in [0.4, 0.5) is 4.39 Å². The van der Waals surface area contributed by atoms with E-state index in [0.717, 1.165) is 24.9 Å². The lowest BCUT2D eigenvalue weighted by Gasteiger charge is -2.37. The number of carbonyl (C=O) groups excluding carboxylic acids is 1. The van der Waals surface area contributed by atoms with Gasteiger partial charge in [-0.1, -0.05) is 13.0 Å². The van der Waals surface area contributed by atoms with Crippen LogP contribution in [0.5, 0.6) is 0 Å². The van der Waals surface area contributed by atoms with Gasteiger partial charge in [-0.3, -0.25) is 4.79 Å². The van der Waals surface area contributed by atoms with E-state index in [-0.39, 0.29) is 17.5 Å². The molecule has 3 heteroatoms. The van der Waals surface area contributed by atoms with E-state index < -0.39 is 5.82 Å². The molecule has 0 N–H and O–H groups in total. The Labute approximate surface area is 108 Å². The number of amides is 1. The Bertz CT molecular complexity index is 458. The number of hydrogen-bond donors (Lipinski definition) is 0. The van der Waals surface area contributed by atoms with E-state index in [4.69, 9.17) is 0 Å². The molecule has 18 heavy (non-hydrogen) atoms. The normalized spacial score (nSPS) is 24.1. The van der Waals surface area contributed by atoms with Crippen molar-refractivity contribution >= 4 is 5.91 Å². The number of carbonyl (C=O) groups is 1. The summed E-state index contributed by atoms with van der Waals surface area (Å²) in [5.74, 6) is -0.0874. The minimum absolute atomic E-state index is 0.174. The number of halogens is 1. The minimum Gasteiger partial charge on any atom is -0.336 e. The number of piperidine rings is 1. The van der Waals surface area contributed by atoms with Crippen LogP contribution in [0.2, 0.25) is 0 Å². The molecule has 2 rings (SSSR count). The van der Waals surface area contributed by atoms with Crippen molar-refractivity contribution < 1.29 is 9.18 Å². The molecule has 2 nitrogen and oxygen atoms in total. The summed E-state index contributed by atoms with van der Waals surface area (Å²) in [5, 5.41) is 0. The summed E-state index contributed by atoms with van der Waals surface area (Å²) in [5.41, 5.74) is 1.03. The monoisotopic (exact) mass is 249 g/mol. The van der Waals surface area contributed by atoms with Gasteiger partial charge in [-0.15, -0.1) is 0 Å². The molecule has 0 bridgehead atoms. The Kier molecular flexibility index (Phi) is 3.69. The molecule has 0 radical (unpaired) electrons. The van der Waals surface area contributed by atoms with Gasteiger partial charge in [0.05, 0.1) is 5.56 Å². The zero-order valence-corrected chi connectivity index (χ0v) is 11.2. The molecule has 2 atom stereocenters. The van der Waals surface area contributed by atoms with Gasteiger partial charge in [0.2, 0.25) is 0 Å². The van der Waals surface area contributed by atoms with Gasteiger partial charge in [0.25, 0.3) is 5.91 Å². The predicted molar refractivity (Wildman–Crippen MR) is 70.0 cm³/mol. The van der Waals surface area contributed by atoms with Gasteiger partial charge in [-0.05, 0) is 50.3 Å². The van der Waals surface area contributed by atoms with Gasteiger partial charge in [0, 0.05) is 12.6 Å². The van der Waals surface area contributed by atoms with Crippen LogP contribution in [0.3, 0.4) is 0 Å². The second-order valence-corrected chi connectivity index (χ2v) is 5.47. The van der Waals surface area contributed by atoms with Gasteiger partial charge in [-0.25, -0.2) is 4.39 Å². The van der Waals surface area contributed by atoms with Gasteiger partial charge in [0.15, 0.2) is 0 Å². The third kappa shape index (κ3) is 2.55. The van der Waals surface area contributed by atoms with Crippen molar-refractivity contribution in [3.05, 3.63) is 35.1 Å². The fourth-order valence-electron chi connectivity index (χ4n) is 2.52. The number of nitrogens with zero attached hydrogens (tertiary/aromatic N) is 1. The molecule has 1 aliphatic heterocycles. The van der Waals surface area contributed by atoms with Crippen LogP contribution in [0, 0.1) is 18.7 Å². The lowest BCUT2D eigenvalue weighted by molar-refractivity contribution is 0.0569. The molecular weight excluding hydrogens is 229 g/mol. The van der Waals surface area contributed by atoms with Crippen molar-refractivity contribution in [2.45, 2.75) is 39.7 Å². The van der Waals surface area contributed by atoms with Crippen molar-refractivity contribution in [3.63, 3.8) is 0 Å². The van der Waals surface area contributed by atoms with E-state index in [2.05, 4.69) is 6.92 Å². The number of benzene rings is 1. The van der Waals surface area contributed by atoms with Crippen molar-refractivity contribution in [2.24, 2.45) is 5.92 Å². The van der Waals surface area contributed by atoms with Crippen LogP contribution in [-0.2, 0) is 0 Å². The second kappa shape index (κ2) is 5.09. The molecule has 0 aromatic heterocycles. The summed E-state index contributed by atoms with van der Waals surface area (Å²) >= 11 is 0. The third-order valence-corrected chi connectivity index (χ3v) is 3.73. The number of hydrogen-bond acceptors (Lipinski definition) is 1. The molecule has 1 fully saturated rings. The topological polar surface area (TPSA) is 20.3 Å². The molecular formula is C15H20FNO. The lowest BCUT2D eigenvalue weighted by Crippen LogP contribution is -2.45. The highest BCUT2D eigenvalue weighted by Crippen LogP contribution is 2.24. The van der Waals surface area contributed by atoms with Crippen molar-refractivity contribution in [3.8, 4) is 0 Å². The largest absolute Gasteiger partial charge is 0.336 e. The summed E-state index contributed by atoms with van der Waals surface area (Å²) in [7, 11) is 0. The van der Waals surface area contributed by atoms with E-state index in [1.54, 1.807) is 12.1 Å². The smallest absolute Gasteiger partial charge is 0.257 e. The van der Waals surface area contributed by atoms with E-state index in [0.29, 0.717) is 5.92 Å². The molecule has 1 aromatic carbocycles. The first kappa shape index (κ1) is 13.1. The first-order valence-electron chi connectivity index (χ1n) is 6.56. The molecule has 2 unspecified atom stereocenters. The number of likely N-dealkylation sites (tertiary alicyclic amines) is 1. The van der Waals surface area contributed by atoms with Gasteiger partial charge < -0.3 is 4.90 Å². The lowest BCUT2D eigenvalue weighted by atomic mass is 9.94. The van der Waals surface area contributed by atoms with Crippen LogP contribution in [0.1, 0.15) is 42.6 Å². The summed E-state index contributed by atoms with van der Waals surface area (Å²) in [6.07, 6.45) is 2.14. The molecule has 1 aromatic rings. The average Bonchev–Trinajstić information content (AvgIpc) is 2.31. The predicted octanol–water partition coefficient (Wildman–Crippen LogP) is 3.39. The van der Waals surface area contributed by atoms with Gasteiger partial charge in [-0.2, -0.15) is 0 Å². The first-order valence-corrected chi connectivity index (χ1v) is 6.56. The first-order chi connectivity index (χ1) is 8.49. The molecule has 0 saturated carbocycles. The molecule has 0 aliphatic carbocycles. The highest BCUT2D eigenvalue weighted by atomic mass is 19.1. The quantitative estimate of drug-likeness (QED) is 0.747. The zero-order chi connectivity index (χ0) is 13.3.